The number of rotatable bonds is 4. The summed E-state index contributed by atoms with van der Waals surface area (Å²) in [6, 6.07) is 7.83. The molecule has 1 N–H and O–H groups in total. The van der Waals surface area contributed by atoms with Crippen molar-refractivity contribution < 1.29 is 13.5 Å². The molecule has 1 aliphatic heterocycles. The van der Waals surface area contributed by atoms with Gasteiger partial charge in [0, 0.05) is 4.47 Å². The Kier molecular flexibility index (Phi) is 4.45. The molecule has 1 aliphatic rings. The number of benzene rings is 1. The van der Waals surface area contributed by atoms with Crippen molar-refractivity contribution in [3.8, 4) is 0 Å². The molecule has 2 atom stereocenters. The molecule has 1 aromatic carbocycles. The quantitative estimate of drug-likeness (QED) is 0.919. The van der Waals surface area contributed by atoms with Gasteiger partial charge in [-0.15, -0.1) is 0 Å². The van der Waals surface area contributed by atoms with E-state index in [0.29, 0.717) is 19.3 Å². The van der Waals surface area contributed by atoms with Gasteiger partial charge in [0.2, 0.25) is 0 Å². The Hall–Kier alpha value is -0.390. The number of aliphatic hydroxyl groups excluding tert-OH is 1. The molecule has 0 aromatic heterocycles. The highest BCUT2D eigenvalue weighted by Crippen LogP contribution is 2.24. The van der Waals surface area contributed by atoms with Gasteiger partial charge < -0.3 is 5.11 Å². The van der Waals surface area contributed by atoms with Gasteiger partial charge in [-0.2, -0.15) is 0 Å². The first-order valence-electron chi connectivity index (χ1n) is 6.07. The smallest absolute Gasteiger partial charge is 0.150 e. The van der Waals surface area contributed by atoms with Gasteiger partial charge in [0.25, 0.3) is 0 Å². The van der Waals surface area contributed by atoms with Gasteiger partial charge in [-0.3, -0.25) is 0 Å². The van der Waals surface area contributed by atoms with Crippen LogP contribution in [0.4, 0.5) is 0 Å². The average molecular weight is 333 g/mol. The van der Waals surface area contributed by atoms with Crippen molar-refractivity contribution in [1.82, 2.24) is 0 Å². The molecular formula is C13H17BrO3S. The van der Waals surface area contributed by atoms with E-state index in [4.69, 9.17) is 0 Å². The zero-order valence-corrected chi connectivity index (χ0v) is 12.5. The number of halogens is 1. The lowest BCUT2D eigenvalue weighted by molar-refractivity contribution is 0.147. The monoisotopic (exact) mass is 332 g/mol. The van der Waals surface area contributed by atoms with Crippen LogP contribution in [0, 0.1) is 5.92 Å². The van der Waals surface area contributed by atoms with Crippen molar-refractivity contribution in [1.29, 1.82) is 0 Å². The maximum absolute atomic E-state index is 11.3. The van der Waals surface area contributed by atoms with Gasteiger partial charge in [0.05, 0.1) is 17.6 Å². The Balaban J connectivity index is 1.88. The fraction of sp³-hybridized carbons (Fsp3) is 0.538. The third-order valence-electron chi connectivity index (χ3n) is 3.29. The van der Waals surface area contributed by atoms with Gasteiger partial charge in [-0.1, -0.05) is 28.1 Å². The van der Waals surface area contributed by atoms with Crippen LogP contribution < -0.4 is 0 Å². The van der Waals surface area contributed by atoms with Gasteiger partial charge in [-0.05, 0) is 42.9 Å². The fourth-order valence-corrected chi connectivity index (χ4v) is 4.79. The predicted molar refractivity (Wildman–Crippen MR) is 75.2 cm³/mol. The molecule has 0 radical (unpaired) electrons. The van der Waals surface area contributed by atoms with E-state index in [2.05, 4.69) is 15.9 Å². The van der Waals surface area contributed by atoms with Crippen molar-refractivity contribution in [2.24, 2.45) is 5.92 Å². The van der Waals surface area contributed by atoms with E-state index < -0.39 is 15.9 Å². The third kappa shape index (κ3) is 4.07. The number of sulfone groups is 1. The van der Waals surface area contributed by atoms with E-state index in [1.165, 1.54) is 0 Å². The molecule has 0 bridgehead atoms. The van der Waals surface area contributed by atoms with Gasteiger partial charge in [0.1, 0.15) is 0 Å². The molecular weight excluding hydrogens is 316 g/mol. The van der Waals surface area contributed by atoms with Crippen molar-refractivity contribution in [3.63, 3.8) is 0 Å². The van der Waals surface area contributed by atoms with E-state index >= 15 is 0 Å². The minimum atomic E-state index is -2.84. The van der Waals surface area contributed by atoms with Crippen molar-refractivity contribution in [2.75, 3.05) is 11.5 Å². The molecule has 3 nitrogen and oxygen atoms in total. The minimum Gasteiger partial charge on any atom is -0.393 e. The summed E-state index contributed by atoms with van der Waals surface area (Å²) in [4.78, 5) is 0. The van der Waals surface area contributed by atoms with Crippen LogP contribution in [-0.4, -0.2) is 31.1 Å². The highest BCUT2D eigenvalue weighted by atomic mass is 79.9. The molecule has 0 spiro atoms. The molecule has 5 heteroatoms. The molecule has 100 valence electrons. The summed E-state index contributed by atoms with van der Waals surface area (Å²) in [5.74, 6) is 0.640. The molecule has 1 heterocycles. The molecule has 1 fully saturated rings. The maximum Gasteiger partial charge on any atom is 0.150 e. The van der Waals surface area contributed by atoms with Gasteiger partial charge in [-0.25, -0.2) is 8.42 Å². The summed E-state index contributed by atoms with van der Waals surface area (Å²) in [6.45, 7) is 0. The predicted octanol–water partition coefficient (Wildman–Crippen LogP) is 2.18. The molecule has 1 aromatic rings. The average Bonchev–Trinajstić information content (AvgIpc) is 2.57. The van der Waals surface area contributed by atoms with Crippen LogP contribution in [-0.2, 0) is 16.3 Å². The van der Waals surface area contributed by atoms with E-state index in [1.807, 2.05) is 24.3 Å². The number of hydrogen-bond acceptors (Lipinski definition) is 3. The summed E-state index contributed by atoms with van der Waals surface area (Å²) in [5, 5.41) is 10.0. The number of hydrogen-bond donors (Lipinski definition) is 1. The Morgan fingerprint density at radius 3 is 2.83 bits per heavy atom. The highest BCUT2D eigenvalue weighted by molar-refractivity contribution is 9.10. The van der Waals surface area contributed by atoms with Crippen LogP contribution in [0.15, 0.2) is 28.7 Å². The van der Waals surface area contributed by atoms with E-state index in [0.717, 1.165) is 10.0 Å². The SMILES string of the molecule is O=S1(=O)CCC(CC(O)Cc2cccc(Br)c2)C1. The van der Waals surface area contributed by atoms with E-state index in [1.54, 1.807) is 0 Å². The van der Waals surface area contributed by atoms with Crippen molar-refractivity contribution in [2.45, 2.75) is 25.4 Å². The second-order valence-electron chi connectivity index (χ2n) is 4.99. The zero-order chi connectivity index (χ0) is 13.2. The topological polar surface area (TPSA) is 54.4 Å². The maximum atomic E-state index is 11.3. The minimum absolute atomic E-state index is 0.122. The fourth-order valence-electron chi connectivity index (χ4n) is 2.46. The largest absolute Gasteiger partial charge is 0.393 e. The van der Waals surface area contributed by atoms with Crippen LogP contribution in [0.25, 0.3) is 0 Å². The zero-order valence-electron chi connectivity index (χ0n) is 10.0. The first-order chi connectivity index (χ1) is 8.44. The van der Waals surface area contributed by atoms with Crippen LogP contribution in [0.2, 0.25) is 0 Å². The van der Waals surface area contributed by atoms with Crippen molar-refractivity contribution in [3.05, 3.63) is 34.3 Å². The summed E-state index contributed by atoms with van der Waals surface area (Å²) in [5.41, 5.74) is 1.07. The van der Waals surface area contributed by atoms with Crippen molar-refractivity contribution >= 4 is 25.8 Å². The summed E-state index contributed by atoms with van der Waals surface area (Å²) < 4.78 is 23.7. The summed E-state index contributed by atoms with van der Waals surface area (Å²) in [7, 11) is -2.84. The Morgan fingerprint density at radius 2 is 2.22 bits per heavy atom. The molecule has 2 rings (SSSR count). The third-order valence-corrected chi connectivity index (χ3v) is 5.62. The van der Waals surface area contributed by atoms with E-state index in [-0.39, 0.29) is 17.4 Å². The first-order valence-corrected chi connectivity index (χ1v) is 8.69. The Morgan fingerprint density at radius 1 is 1.44 bits per heavy atom. The van der Waals surface area contributed by atoms with Crippen LogP contribution in [0.3, 0.4) is 0 Å². The molecule has 2 unspecified atom stereocenters. The Labute approximate surface area is 116 Å². The second-order valence-corrected chi connectivity index (χ2v) is 8.14. The molecule has 18 heavy (non-hydrogen) atoms. The molecule has 0 aliphatic carbocycles. The first kappa shape index (κ1) is 14.0. The normalized spacial score (nSPS) is 24.0. The van der Waals surface area contributed by atoms with Gasteiger partial charge >= 0.3 is 0 Å². The summed E-state index contributed by atoms with van der Waals surface area (Å²) >= 11 is 3.39. The van der Waals surface area contributed by atoms with Crippen LogP contribution >= 0.6 is 15.9 Å². The lowest BCUT2D eigenvalue weighted by Gasteiger charge is -2.14. The number of aliphatic hydroxyl groups is 1. The van der Waals surface area contributed by atoms with Gasteiger partial charge in [0.15, 0.2) is 9.84 Å². The molecule has 0 saturated carbocycles. The molecule has 1 saturated heterocycles. The Bertz CT molecular complexity index is 513. The molecule has 0 amide bonds. The van der Waals surface area contributed by atoms with Crippen LogP contribution in [0.5, 0.6) is 0 Å². The highest BCUT2D eigenvalue weighted by Gasteiger charge is 2.29. The van der Waals surface area contributed by atoms with Crippen LogP contribution in [0.1, 0.15) is 18.4 Å². The lowest BCUT2D eigenvalue weighted by atomic mass is 9.97. The van der Waals surface area contributed by atoms with E-state index in [9.17, 15) is 13.5 Å². The summed E-state index contributed by atoms with van der Waals surface area (Å²) in [6.07, 6.45) is 1.39. The second kappa shape index (κ2) is 5.72. The lowest BCUT2D eigenvalue weighted by Crippen LogP contribution is -2.17. The standard InChI is InChI=1S/C13H17BrO3S/c14-12-3-1-2-10(6-12)7-13(15)8-11-4-5-18(16,17)9-11/h1-3,6,11,13,15H,4-5,7-9H2.